The van der Waals surface area contributed by atoms with Crippen LogP contribution in [0.15, 0.2) is 24.5 Å². The predicted molar refractivity (Wildman–Crippen MR) is 27.3 cm³/mol. The molecule has 1 aromatic rings. The van der Waals surface area contributed by atoms with E-state index in [4.69, 9.17) is 0 Å². The van der Waals surface area contributed by atoms with E-state index in [-0.39, 0.29) is 5.82 Å². The summed E-state index contributed by atoms with van der Waals surface area (Å²) in [6, 6.07) is 2.71. The molecule has 1 nitrogen and oxygen atoms in total. The summed E-state index contributed by atoms with van der Waals surface area (Å²) >= 11 is 0. The van der Waals surface area contributed by atoms with Crippen molar-refractivity contribution >= 4 is 0 Å². The van der Waals surface area contributed by atoms with Crippen LogP contribution in [-0.4, -0.2) is 0 Å². The molecule has 0 spiro atoms. The number of pyridine rings is 1. The molecule has 8 heavy (non-hydrogen) atoms. The van der Waals surface area contributed by atoms with E-state index in [1.807, 2.05) is 0 Å². The van der Waals surface area contributed by atoms with E-state index in [1.54, 1.807) is 12.4 Å². The highest BCUT2D eigenvalue weighted by Gasteiger charge is 1.89. The Morgan fingerprint density at radius 1 is 1.38 bits per heavy atom. The molecule has 0 saturated carbocycles. The van der Waals surface area contributed by atoms with Crippen molar-refractivity contribution in [3.8, 4) is 0 Å². The molecule has 2 heteroatoms. The second kappa shape index (κ2) is 1.90. The van der Waals surface area contributed by atoms with Crippen LogP contribution in [0.25, 0.3) is 0 Å². The predicted octanol–water partition coefficient (Wildman–Crippen LogP) is 0.753. The fourth-order valence-electron chi connectivity index (χ4n) is 0.439. The number of rotatable bonds is 0. The van der Waals surface area contributed by atoms with E-state index in [0.29, 0.717) is 0 Å². The van der Waals surface area contributed by atoms with Crippen molar-refractivity contribution in [1.29, 1.82) is 0 Å². The van der Waals surface area contributed by atoms with Crippen molar-refractivity contribution in [2.24, 2.45) is 0 Å². The molecule has 0 aromatic carbocycles. The highest BCUT2D eigenvalue weighted by atomic mass is 19.1. The lowest BCUT2D eigenvalue weighted by atomic mass is 10.5. The molecule has 1 rings (SSSR count). The van der Waals surface area contributed by atoms with Gasteiger partial charge in [0.05, 0.1) is 0 Å². The number of hydrogen-bond acceptors (Lipinski definition) is 0. The molecule has 1 heterocycles. The largest absolute Gasteiger partial charge is 0.207 e. The second-order valence-corrected chi connectivity index (χ2v) is 1.53. The molecular formula is C6H6FN+. The van der Waals surface area contributed by atoms with Gasteiger partial charge in [0.25, 0.3) is 0 Å². The maximum Gasteiger partial charge on any atom is 0.206 e. The fraction of sp³-hybridized carbons (Fsp3) is 0. The maximum absolute atomic E-state index is 12.0. The normalized spacial score (nSPS) is 9.25. The number of aromatic nitrogens is 1. The van der Waals surface area contributed by atoms with Crippen molar-refractivity contribution in [2.45, 2.75) is 0 Å². The van der Waals surface area contributed by atoms with Crippen LogP contribution in [0.2, 0.25) is 0 Å². The van der Waals surface area contributed by atoms with Crippen LogP contribution >= 0.6 is 0 Å². The van der Waals surface area contributed by atoms with Gasteiger partial charge in [0.2, 0.25) is 7.05 Å². The minimum absolute atomic E-state index is 0.232. The number of halogens is 1. The zero-order valence-electron chi connectivity index (χ0n) is 4.34. The lowest BCUT2D eigenvalue weighted by Crippen LogP contribution is -2.22. The van der Waals surface area contributed by atoms with Crippen LogP contribution in [0, 0.1) is 12.9 Å². The van der Waals surface area contributed by atoms with Gasteiger partial charge in [-0.05, 0) is 0 Å². The van der Waals surface area contributed by atoms with Crippen LogP contribution in [0.3, 0.4) is 0 Å². The van der Waals surface area contributed by atoms with Crippen LogP contribution in [0.4, 0.5) is 4.39 Å². The van der Waals surface area contributed by atoms with Crippen molar-refractivity contribution in [1.82, 2.24) is 0 Å². The third-order valence-corrected chi connectivity index (χ3v) is 0.850. The number of nitrogens with zero attached hydrogens (tertiary/aromatic N) is 1. The zero-order valence-corrected chi connectivity index (χ0v) is 4.34. The summed E-state index contributed by atoms with van der Waals surface area (Å²) in [7, 11) is 3.51. The molecule has 0 fully saturated rings. The molecule has 1 aromatic heterocycles. The first kappa shape index (κ1) is 5.22. The molecule has 0 aliphatic carbocycles. The Morgan fingerprint density at radius 3 is 2.25 bits per heavy atom. The molecule has 0 aliphatic rings. The Morgan fingerprint density at radius 2 is 1.88 bits per heavy atom. The minimum Gasteiger partial charge on any atom is -0.207 e. The zero-order chi connectivity index (χ0) is 5.98. The Hall–Kier alpha value is -0.920. The average molecular weight is 111 g/mol. The van der Waals surface area contributed by atoms with Gasteiger partial charge in [0.15, 0.2) is 12.4 Å². The molecule has 0 saturated heterocycles. The van der Waals surface area contributed by atoms with Gasteiger partial charge in [0, 0.05) is 12.1 Å². The van der Waals surface area contributed by atoms with Gasteiger partial charge in [-0.3, -0.25) is 0 Å². The lowest BCUT2D eigenvalue weighted by Gasteiger charge is -1.81. The van der Waals surface area contributed by atoms with Gasteiger partial charge >= 0.3 is 0 Å². The summed E-state index contributed by atoms with van der Waals surface area (Å²) in [6.45, 7) is 0. The summed E-state index contributed by atoms with van der Waals surface area (Å²) < 4.78 is 13.6. The summed E-state index contributed by atoms with van der Waals surface area (Å²) in [4.78, 5) is 0. The maximum atomic E-state index is 12.0. The van der Waals surface area contributed by atoms with Gasteiger partial charge in [-0.2, -0.15) is 4.57 Å². The first-order valence-electron chi connectivity index (χ1n) is 2.27. The molecular weight excluding hydrogens is 105 g/mol. The minimum atomic E-state index is -0.232. The quantitative estimate of drug-likeness (QED) is 0.435. The molecule has 41 valence electrons. The van der Waals surface area contributed by atoms with Gasteiger partial charge in [-0.25, -0.2) is 4.39 Å². The Bertz CT molecular complexity index is 147. The van der Waals surface area contributed by atoms with Crippen LogP contribution in [0.5, 0.6) is 0 Å². The molecule has 0 amide bonds. The van der Waals surface area contributed by atoms with Crippen molar-refractivity contribution in [3.05, 3.63) is 37.4 Å². The van der Waals surface area contributed by atoms with E-state index >= 15 is 0 Å². The van der Waals surface area contributed by atoms with E-state index < -0.39 is 0 Å². The smallest absolute Gasteiger partial charge is 0.206 e. The van der Waals surface area contributed by atoms with Gasteiger partial charge in [-0.15, -0.1) is 0 Å². The second-order valence-electron chi connectivity index (χ2n) is 1.53. The van der Waals surface area contributed by atoms with Gasteiger partial charge < -0.3 is 0 Å². The highest BCUT2D eigenvalue weighted by molar-refractivity contribution is 4.88. The summed E-state index contributed by atoms with van der Waals surface area (Å²) in [6.07, 6.45) is 3.10. The first-order chi connectivity index (χ1) is 3.79. The van der Waals surface area contributed by atoms with Crippen LogP contribution in [-0.2, 0) is 0 Å². The average Bonchev–Trinajstić information content (AvgIpc) is 1.77. The fourth-order valence-corrected chi connectivity index (χ4v) is 0.439. The van der Waals surface area contributed by atoms with E-state index in [9.17, 15) is 4.39 Å². The topological polar surface area (TPSA) is 3.88 Å². The molecule has 0 aliphatic heterocycles. The lowest BCUT2D eigenvalue weighted by molar-refractivity contribution is -0.612. The Labute approximate surface area is 47.4 Å². The van der Waals surface area contributed by atoms with Gasteiger partial charge in [0.1, 0.15) is 5.82 Å². The Kier molecular flexibility index (Phi) is 1.24. The van der Waals surface area contributed by atoms with Gasteiger partial charge in [-0.1, -0.05) is 0 Å². The molecule has 0 unspecified atom stereocenters. The third-order valence-electron chi connectivity index (χ3n) is 0.850. The summed E-state index contributed by atoms with van der Waals surface area (Å²) in [5.41, 5.74) is 0. The summed E-state index contributed by atoms with van der Waals surface area (Å²) in [5, 5.41) is 0. The first-order valence-corrected chi connectivity index (χ1v) is 2.27. The number of hydrogen-bond donors (Lipinski definition) is 0. The standard InChI is InChI=1S/C6H6FN/c1-8-4-2-6(7)3-5-8/h2-5H,1H2/q+1. The molecule has 0 bridgehead atoms. The van der Waals surface area contributed by atoms with Crippen molar-refractivity contribution < 1.29 is 8.96 Å². The van der Waals surface area contributed by atoms with Crippen molar-refractivity contribution in [3.63, 3.8) is 0 Å². The van der Waals surface area contributed by atoms with E-state index in [0.717, 1.165) is 0 Å². The molecule has 0 N–H and O–H groups in total. The SMILES string of the molecule is [CH2][n+]1ccc(F)cc1. The van der Waals surface area contributed by atoms with Crippen LogP contribution < -0.4 is 4.57 Å². The monoisotopic (exact) mass is 111 g/mol. The van der Waals surface area contributed by atoms with E-state index in [2.05, 4.69) is 7.05 Å². The molecule has 1 radical (unpaired) electrons. The van der Waals surface area contributed by atoms with Crippen LogP contribution in [0.1, 0.15) is 0 Å². The highest BCUT2D eigenvalue weighted by Crippen LogP contribution is 1.87. The molecule has 0 atom stereocenters. The Balaban J connectivity index is 3.03. The summed E-state index contributed by atoms with van der Waals surface area (Å²) in [5.74, 6) is -0.232. The van der Waals surface area contributed by atoms with E-state index in [1.165, 1.54) is 16.7 Å². The third kappa shape index (κ3) is 1.03. The van der Waals surface area contributed by atoms with Crippen molar-refractivity contribution in [2.75, 3.05) is 0 Å².